The number of carbonyl (C=O) groups excluding carboxylic acids is 2. The number of amides is 2. The number of hydrogen-bond donors (Lipinski definition) is 1. The van der Waals surface area contributed by atoms with Crippen molar-refractivity contribution in [3.8, 4) is 0 Å². The lowest BCUT2D eigenvalue weighted by Gasteiger charge is -2.33. The van der Waals surface area contributed by atoms with Gasteiger partial charge in [-0.05, 0) is 88.5 Å². The van der Waals surface area contributed by atoms with E-state index in [1.165, 1.54) is 41.4 Å². The van der Waals surface area contributed by atoms with Crippen LogP contribution in [0.2, 0.25) is 0 Å². The summed E-state index contributed by atoms with van der Waals surface area (Å²) in [5, 5.41) is 4.08. The van der Waals surface area contributed by atoms with E-state index in [0.717, 1.165) is 32.0 Å². The quantitative estimate of drug-likeness (QED) is 0.747. The van der Waals surface area contributed by atoms with E-state index in [2.05, 4.69) is 29.1 Å². The van der Waals surface area contributed by atoms with Gasteiger partial charge >= 0.3 is 0 Å². The molecule has 0 bridgehead atoms. The highest BCUT2D eigenvalue weighted by atomic mass is 16.5. The van der Waals surface area contributed by atoms with E-state index >= 15 is 0 Å². The van der Waals surface area contributed by atoms with E-state index in [1.54, 1.807) is 4.90 Å². The molecule has 1 unspecified atom stereocenters. The summed E-state index contributed by atoms with van der Waals surface area (Å²) >= 11 is 0. The summed E-state index contributed by atoms with van der Waals surface area (Å²) < 4.78 is 7.90. The minimum atomic E-state index is -0.118. The molecule has 32 heavy (non-hydrogen) atoms. The zero-order valence-electron chi connectivity index (χ0n) is 19.9. The summed E-state index contributed by atoms with van der Waals surface area (Å²) in [6.45, 7) is 8.14. The first-order valence-electron chi connectivity index (χ1n) is 12.2. The topological polar surface area (TPSA) is 63.6 Å². The first-order chi connectivity index (χ1) is 15.4. The molecule has 1 atom stereocenters. The molecule has 174 valence electrons. The first-order valence-corrected chi connectivity index (χ1v) is 12.2. The van der Waals surface area contributed by atoms with Crippen molar-refractivity contribution in [3.05, 3.63) is 35.0 Å². The monoisotopic (exact) mass is 439 g/mol. The van der Waals surface area contributed by atoms with E-state index in [1.807, 2.05) is 26.8 Å². The van der Waals surface area contributed by atoms with Crippen LogP contribution in [-0.2, 0) is 29.4 Å². The van der Waals surface area contributed by atoms with Gasteiger partial charge in [0, 0.05) is 55.0 Å². The van der Waals surface area contributed by atoms with Crippen molar-refractivity contribution in [2.45, 2.75) is 58.9 Å². The van der Waals surface area contributed by atoms with E-state index < -0.39 is 0 Å². The molecule has 1 aliphatic heterocycles. The summed E-state index contributed by atoms with van der Waals surface area (Å²) in [6.07, 6.45) is 5.75. The number of nitrogens with zero attached hydrogens (tertiary/aromatic N) is 2. The number of nitrogens with one attached hydrogen (secondary N) is 1. The van der Waals surface area contributed by atoms with Gasteiger partial charge in [-0.25, -0.2) is 0 Å². The minimum absolute atomic E-state index is 0.0622. The van der Waals surface area contributed by atoms with Crippen LogP contribution in [0.3, 0.4) is 0 Å². The summed E-state index contributed by atoms with van der Waals surface area (Å²) in [7, 11) is 2.14. The fourth-order valence-corrected chi connectivity index (χ4v) is 5.58. The molecule has 0 spiro atoms. The maximum atomic E-state index is 13.3. The molecule has 1 aromatic carbocycles. The van der Waals surface area contributed by atoms with Crippen LogP contribution in [-0.4, -0.2) is 53.6 Å². The van der Waals surface area contributed by atoms with Crippen molar-refractivity contribution >= 4 is 22.7 Å². The predicted octanol–water partition coefficient (Wildman–Crippen LogP) is 3.70. The Balaban J connectivity index is 1.59. The molecule has 2 amide bonds. The van der Waals surface area contributed by atoms with Gasteiger partial charge in [0.15, 0.2) is 0 Å². The lowest BCUT2D eigenvalue weighted by atomic mass is 9.75. The van der Waals surface area contributed by atoms with E-state index in [-0.39, 0.29) is 24.4 Å². The third-order valence-corrected chi connectivity index (χ3v) is 7.29. The SMILES string of the molecule is CCN(CC(=O)NC(C)C)C(=O)c1ccc2c(c1)c1c(n2C)CCC(C2CCOCC2)C1. The Bertz CT molecular complexity index is 988. The molecule has 2 aliphatic rings. The zero-order valence-corrected chi connectivity index (χ0v) is 19.9. The van der Waals surface area contributed by atoms with Crippen molar-refractivity contribution in [1.29, 1.82) is 0 Å². The normalized spacial score (nSPS) is 19.2. The third-order valence-electron chi connectivity index (χ3n) is 7.29. The fraction of sp³-hybridized carbons (Fsp3) is 0.615. The van der Waals surface area contributed by atoms with Crippen LogP contribution in [0, 0.1) is 11.8 Å². The van der Waals surface area contributed by atoms with E-state index in [4.69, 9.17) is 4.74 Å². The Hall–Kier alpha value is -2.34. The number of aryl methyl sites for hydroxylation is 1. The molecule has 1 aliphatic carbocycles. The van der Waals surface area contributed by atoms with Crippen LogP contribution in [0.1, 0.15) is 61.6 Å². The molecular formula is C26H37N3O3. The number of aromatic nitrogens is 1. The molecule has 2 aromatic rings. The van der Waals surface area contributed by atoms with Gasteiger partial charge in [-0.15, -0.1) is 0 Å². The Kier molecular flexibility index (Phi) is 6.89. The highest BCUT2D eigenvalue weighted by Crippen LogP contribution is 2.39. The van der Waals surface area contributed by atoms with Gasteiger partial charge in [-0.3, -0.25) is 9.59 Å². The molecule has 6 nitrogen and oxygen atoms in total. The number of carbonyl (C=O) groups is 2. The molecular weight excluding hydrogens is 402 g/mol. The number of benzene rings is 1. The molecule has 0 saturated carbocycles. The molecule has 1 fully saturated rings. The minimum Gasteiger partial charge on any atom is -0.381 e. The van der Waals surface area contributed by atoms with E-state index in [0.29, 0.717) is 18.0 Å². The fourth-order valence-electron chi connectivity index (χ4n) is 5.58. The average molecular weight is 440 g/mol. The maximum Gasteiger partial charge on any atom is 0.254 e. The standard InChI is InChI=1S/C26H37N3O3/c1-5-29(16-25(30)27-17(2)3)26(31)20-7-9-24-22(15-20)21-14-19(6-8-23(21)28(24)4)18-10-12-32-13-11-18/h7,9,15,17-19H,5-6,8,10-14,16H2,1-4H3,(H,27,30). The smallest absolute Gasteiger partial charge is 0.254 e. The average Bonchev–Trinajstić information content (AvgIpc) is 3.08. The number of fused-ring (bicyclic) bond motifs is 3. The molecule has 1 N–H and O–H groups in total. The third kappa shape index (κ3) is 4.56. The highest BCUT2D eigenvalue weighted by Gasteiger charge is 2.31. The summed E-state index contributed by atoms with van der Waals surface area (Å²) in [5.74, 6) is 1.24. The Morgan fingerprint density at radius 2 is 1.94 bits per heavy atom. The van der Waals surface area contributed by atoms with Crippen molar-refractivity contribution in [1.82, 2.24) is 14.8 Å². The molecule has 0 radical (unpaired) electrons. The predicted molar refractivity (Wildman–Crippen MR) is 127 cm³/mol. The molecule has 4 rings (SSSR count). The molecule has 2 heterocycles. The van der Waals surface area contributed by atoms with Gasteiger partial charge in [0.1, 0.15) is 0 Å². The molecule has 1 saturated heterocycles. The summed E-state index contributed by atoms with van der Waals surface area (Å²) in [4.78, 5) is 27.1. The van der Waals surface area contributed by atoms with E-state index in [9.17, 15) is 9.59 Å². The lowest BCUT2D eigenvalue weighted by molar-refractivity contribution is -0.122. The van der Waals surface area contributed by atoms with Crippen LogP contribution >= 0.6 is 0 Å². The largest absolute Gasteiger partial charge is 0.381 e. The first kappa shape index (κ1) is 22.8. The number of ether oxygens (including phenoxy) is 1. The zero-order chi connectivity index (χ0) is 22.8. The van der Waals surface area contributed by atoms with Gasteiger partial charge in [0.25, 0.3) is 5.91 Å². The van der Waals surface area contributed by atoms with Crippen LogP contribution < -0.4 is 5.32 Å². The van der Waals surface area contributed by atoms with Crippen molar-refractivity contribution in [2.24, 2.45) is 18.9 Å². The van der Waals surface area contributed by atoms with Crippen LogP contribution in [0.5, 0.6) is 0 Å². The molecule has 6 heteroatoms. The Morgan fingerprint density at radius 1 is 1.19 bits per heavy atom. The van der Waals surface area contributed by atoms with Crippen molar-refractivity contribution < 1.29 is 14.3 Å². The Labute approximate surface area is 191 Å². The van der Waals surface area contributed by atoms with Gasteiger partial charge in [-0.1, -0.05) is 0 Å². The second kappa shape index (κ2) is 9.65. The summed E-state index contributed by atoms with van der Waals surface area (Å²) in [5.41, 5.74) is 4.69. The number of likely N-dealkylation sites (N-methyl/N-ethyl adjacent to an activating group) is 1. The van der Waals surface area contributed by atoms with Crippen LogP contribution in [0.25, 0.3) is 10.9 Å². The van der Waals surface area contributed by atoms with Gasteiger partial charge in [-0.2, -0.15) is 0 Å². The second-order valence-corrected chi connectivity index (χ2v) is 9.71. The second-order valence-electron chi connectivity index (χ2n) is 9.71. The van der Waals surface area contributed by atoms with Crippen molar-refractivity contribution in [2.75, 3.05) is 26.3 Å². The van der Waals surface area contributed by atoms with Crippen LogP contribution in [0.4, 0.5) is 0 Å². The van der Waals surface area contributed by atoms with Gasteiger partial charge < -0.3 is 19.5 Å². The van der Waals surface area contributed by atoms with Crippen molar-refractivity contribution in [3.63, 3.8) is 0 Å². The van der Waals surface area contributed by atoms with Crippen LogP contribution in [0.15, 0.2) is 18.2 Å². The van der Waals surface area contributed by atoms with Gasteiger partial charge in [0.05, 0.1) is 6.54 Å². The Morgan fingerprint density at radius 3 is 2.62 bits per heavy atom. The highest BCUT2D eigenvalue weighted by molar-refractivity contribution is 6.00. The number of hydrogen-bond acceptors (Lipinski definition) is 3. The van der Waals surface area contributed by atoms with Gasteiger partial charge in [0.2, 0.25) is 5.91 Å². The number of rotatable bonds is 6. The maximum absolute atomic E-state index is 13.3. The summed E-state index contributed by atoms with van der Waals surface area (Å²) in [6, 6.07) is 6.11. The lowest BCUT2D eigenvalue weighted by Crippen LogP contribution is -2.42. The molecule has 1 aromatic heterocycles.